The summed E-state index contributed by atoms with van der Waals surface area (Å²) in [5.41, 5.74) is 6.92. The van der Waals surface area contributed by atoms with E-state index in [1.807, 2.05) is 0 Å². The van der Waals surface area contributed by atoms with Crippen molar-refractivity contribution < 1.29 is 18.0 Å². The van der Waals surface area contributed by atoms with Crippen LogP contribution in [-0.2, 0) is 6.18 Å². The minimum Gasteiger partial charge on any atom is -0.397 e. The molecule has 0 saturated carbocycles. The van der Waals surface area contributed by atoms with Gasteiger partial charge in [0.2, 0.25) is 0 Å². The van der Waals surface area contributed by atoms with Crippen LogP contribution in [0.15, 0.2) is 78.9 Å². The molecule has 5 nitrogen and oxygen atoms in total. The molecule has 1 amide bonds. The number of benzene rings is 3. The fourth-order valence-corrected chi connectivity index (χ4v) is 3.35. The van der Waals surface area contributed by atoms with Crippen LogP contribution in [0.3, 0.4) is 0 Å². The number of hydrogen-bond acceptors (Lipinski definition) is 3. The van der Waals surface area contributed by atoms with Gasteiger partial charge in [-0.2, -0.15) is 18.3 Å². The third kappa shape index (κ3) is 4.31. The molecule has 0 radical (unpaired) electrons. The van der Waals surface area contributed by atoms with Crippen molar-refractivity contribution >= 4 is 28.9 Å². The molecular formula is C23H16ClF3N4O. The number of carbonyl (C=O) groups is 1. The van der Waals surface area contributed by atoms with Crippen LogP contribution in [0.4, 0.5) is 24.5 Å². The van der Waals surface area contributed by atoms with Gasteiger partial charge >= 0.3 is 6.18 Å². The molecule has 4 rings (SSSR count). The standard InChI is InChI=1S/C23H16ClF3N4O/c24-16-5-1-4-8-19(16)31-20(13-21(30-31)23(25,26)27)14-9-11-15(12-10-14)22(32)29-18-7-3-2-6-17(18)28/h1-13H,28H2,(H,29,32). The molecule has 0 aliphatic heterocycles. The van der Waals surface area contributed by atoms with Gasteiger partial charge in [0.25, 0.3) is 5.91 Å². The molecule has 0 atom stereocenters. The fraction of sp³-hybridized carbons (Fsp3) is 0.0435. The number of amides is 1. The van der Waals surface area contributed by atoms with Crippen LogP contribution < -0.4 is 11.1 Å². The third-order valence-corrected chi connectivity index (χ3v) is 5.05. The predicted octanol–water partition coefficient (Wildman–Crippen LogP) is 6.05. The quantitative estimate of drug-likeness (QED) is 0.367. The van der Waals surface area contributed by atoms with Gasteiger partial charge in [-0.1, -0.05) is 48.0 Å². The molecule has 1 aromatic heterocycles. The van der Waals surface area contributed by atoms with Crippen LogP contribution >= 0.6 is 11.6 Å². The maximum atomic E-state index is 13.4. The predicted molar refractivity (Wildman–Crippen MR) is 118 cm³/mol. The first-order valence-electron chi connectivity index (χ1n) is 9.42. The molecule has 4 aromatic rings. The first kappa shape index (κ1) is 21.5. The van der Waals surface area contributed by atoms with Crippen molar-refractivity contribution in [3.63, 3.8) is 0 Å². The summed E-state index contributed by atoms with van der Waals surface area (Å²) in [7, 11) is 0. The van der Waals surface area contributed by atoms with Gasteiger partial charge < -0.3 is 11.1 Å². The van der Waals surface area contributed by atoms with E-state index in [4.69, 9.17) is 17.3 Å². The molecular weight excluding hydrogens is 441 g/mol. The van der Waals surface area contributed by atoms with Gasteiger partial charge in [0.1, 0.15) is 0 Å². The maximum Gasteiger partial charge on any atom is 0.435 e. The van der Waals surface area contributed by atoms with Crippen molar-refractivity contribution in [1.29, 1.82) is 0 Å². The molecule has 1 heterocycles. The smallest absolute Gasteiger partial charge is 0.397 e. The molecule has 0 saturated heterocycles. The van der Waals surface area contributed by atoms with Crippen molar-refractivity contribution in [2.75, 3.05) is 11.1 Å². The summed E-state index contributed by atoms with van der Waals surface area (Å²) in [5, 5.41) is 6.68. The van der Waals surface area contributed by atoms with Crippen LogP contribution in [0.1, 0.15) is 16.1 Å². The van der Waals surface area contributed by atoms with E-state index in [1.165, 1.54) is 12.1 Å². The summed E-state index contributed by atoms with van der Waals surface area (Å²) >= 11 is 6.19. The normalized spacial score (nSPS) is 11.4. The fourth-order valence-electron chi connectivity index (χ4n) is 3.13. The number of nitrogen functional groups attached to an aromatic ring is 1. The van der Waals surface area contributed by atoms with Gasteiger partial charge in [-0.25, -0.2) is 4.68 Å². The second kappa shape index (κ2) is 8.39. The number of rotatable bonds is 4. The van der Waals surface area contributed by atoms with Gasteiger partial charge in [0.15, 0.2) is 5.69 Å². The van der Waals surface area contributed by atoms with Crippen molar-refractivity contribution in [2.24, 2.45) is 0 Å². The summed E-state index contributed by atoms with van der Waals surface area (Å²) in [4.78, 5) is 12.5. The Morgan fingerprint density at radius 2 is 1.62 bits per heavy atom. The Balaban J connectivity index is 1.69. The van der Waals surface area contributed by atoms with Crippen LogP contribution in [0.5, 0.6) is 0 Å². The lowest BCUT2D eigenvalue weighted by atomic mass is 10.1. The Kier molecular flexibility index (Phi) is 5.63. The van der Waals surface area contributed by atoms with Gasteiger partial charge in [0, 0.05) is 11.1 Å². The second-order valence-electron chi connectivity index (χ2n) is 6.89. The first-order valence-corrected chi connectivity index (χ1v) is 9.80. The van der Waals surface area contributed by atoms with E-state index in [0.29, 0.717) is 28.2 Å². The minimum atomic E-state index is -4.63. The Bertz CT molecular complexity index is 1280. The molecule has 0 fully saturated rings. The van der Waals surface area contributed by atoms with Gasteiger partial charge in [-0.3, -0.25) is 4.79 Å². The van der Waals surface area contributed by atoms with Crippen molar-refractivity contribution in [3.8, 4) is 16.9 Å². The van der Waals surface area contributed by atoms with E-state index in [-0.39, 0.29) is 10.7 Å². The summed E-state index contributed by atoms with van der Waals surface area (Å²) in [6.07, 6.45) is -4.63. The number of anilines is 2. The Hall–Kier alpha value is -3.78. The summed E-state index contributed by atoms with van der Waals surface area (Å²) in [6.45, 7) is 0. The summed E-state index contributed by atoms with van der Waals surface area (Å²) in [6, 6.07) is 20.4. The molecule has 0 bridgehead atoms. The average Bonchev–Trinajstić information content (AvgIpc) is 3.21. The number of nitrogens with zero attached hydrogens (tertiary/aromatic N) is 2. The molecule has 0 spiro atoms. The highest BCUT2D eigenvalue weighted by Gasteiger charge is 2.35. The molecule has 3 aromatic carbocycles. The Morgan fingerprint density at radius 1 is 0.969 bits per heavy atom. The van der Waals surface area contributed by atoms with Gasteiger partial charge in [-0.15, -0.1) is 0 Å². The second-order valence-corrected chi connectivity index (χ2v) is 7.30. The van der Waals surface area contributed by atoms with Crippen molar-refractivity contribution in [3.05, 3.63) is 95.1 Å². The van der Waals surface area contributed by atoms with Crippen molar-refractivity contribution in [1.82, 2.24) is 9.78 Å². The molecule has 3 N–H and O–H groups in total. The van der Waals surface area contributed by atoms with Gasteiger partial charge in [0.05, 0.1) is 27.8 Å². The first-order chi connectivity index (χ1) is 15.2. The zero-order chi connectivity index (χ0) is 22.9. The number of carbonyl (C=O) groups excluding carboxylic acids is 1. The van der Waals surface area contributed by atoms with E-state index in [0.717, 1.165) is 10.7 Å². The lowest BCUT2D eigenvalue weighted by molar-refractivity contribution is -0.141. The van der Waals surface area contributed by atoms with Crippen LogP contribution in [0.25, 0.3) is 16.9 Å². The van der Waals surface area contributed by atoms with Crippen LogP contribution in [0, 0.1) is 0 Å². The highest BCUT2D eigenvalue weighted by Crippen LogP contribution is 2.34. The monoisotopic (exact) mass is 456 g/mol. The van der Waals surface area contributed by atoms with E-state index in [9.17, 15) is 18.0 Å². The third-order valence-electron chi connectivity index (χ3n) is 4.73. The van der Waals surface area contributed by atoms with Crippen molar-refractivity contribution in [2.45, 2.75) is 6.18 Å². The number of alkyl halides is 3. The van der Waals surface area contributed by atoms with Gasteiger partial charge in [-0.05, 0) is 42.5 Å². The zero-order valence-electron chi connectivity index (χ0n) is 16.4. The molecule has 162 valence electrons. The molecule has 32 heavy (non-hydrogen) atoms. The lowest BCUT2D eigenvalue weighted by Gasteiger charge is -2.11. The number of nitrogens with two attached hydrogens (primary N) is 1. The van der Waals surface area contributed by atoms with Crippen LogP contribution in [0.2, 0.25) is 5.02 Å². The zero-order valence-corrected chi connectivity index (χ0v) is 17.2. The highest BCUT2D eigenvalue weighted by atomic mass is 35.5. The average molecular weight is 457 g/mol. The van der Waals surface area contributed by atoms with Crippen LogP contribution in [-0.4, -0.2) is 15.7 Å². The Labute approximate surface area is 186 Å². The molecule has 9 heteroatoms. The number of aromatic nitrogens is 2. The molecule has 0 aliphatic carbocycles. The van der Waals surface area contributed by atoms with E-state index >= 15 is 0 Å². The van der Waals surface area contributed by atoms with E-state index < -0.39 is 17.8 Å². The number of para-hydroxylation sites is 3. The summed E-state index contributed by atoms with van der Waals surface area (Å²) < 4.78 is 41.2. The number of halogens is 4. The molecule has 0 unspecified atom stereocenters. The number of nitrogens with one attached hydrogen (secondary N) is 1. The largest absolute Gasteiger partial charge is 0.435 e. The molecule has 0 aliphatic rings. The lowest BCUT2D eigenvalue weighted by Crippen LogP contribution is -2.13. The number of hydrogen-bond donors (Lipinski definition) is 2. The highest BCUT2D eigenvalue weighted by molar-refractivity contribution is 6.32. The van der Waals surface area contributed by atoms with E-state index in [2.05, 4.69) is 10.4 Å². The minimum absolute atomic E-state index is 0.185. The Morgan fingerprint density at radius 3 is 2.28 bits per heavy atom. The van der Waals surface area contributed by atoms with E-state index in [1.54, 1.807) is 60.7 Å². The topological polar surface area (TPSA) is 72.9 Å². The SMILES string of the molecule is Nc1ccccc1NC(=O)c1ccc(-c2cc(C(F)(F)F)nn2-c2ccccc2Cl)cc1. The maximum absolute atomic E-state index is 13.4. The summed E-state index contributed by atoms with van der Waals surface area (Å²) in [5.74, 6) is -0.398.